The number of hydrogen-bond donors (Lipinski definition) is 3. The highest BCUT2D eigenvalue weighted by Gasteiger charge is 2.27. The van der Waals surface area contributed by atoms with Crippen LogP contribution in [0.15, 0.2) is 24.3 Å². The Bertz CT molecular complexity index is 525. The van der Waals surface area contributed by atoms with Crippen LogP contribution in [0.1, 0.15) is 30.6 Å². The van der Waals surface area contributed by atoms with E-state index in [1.807, 2.05) is 13.8 Å². The predicted molar refractivity (Wildman–Crippen MR) is 87.0 cm³/mol. The zero-order chi connectivity index (χ0) is 16.1. The van der Waals surface area contributed by atoms with E-state index < -0.39 is 6.04 Å². The predicted octanol–water partition coefficient (Wildman–Crippen LogP) is 1.57. The van der Waals surface area contributed by atoms with Crippen LogP contribution in [0.5, 0.6) is 0 Å². The van der Waals surface area contributed by atoms with E-state index in [0.717, 1.165) is 19.5 Å². The van der Waals surface area contributed by atoms with Crippen LogP contribution in [-0.4, -0.2) is 37.0 Å². The van der Waals surface area contributed by atoms with Crippen LogP contribution >= 0.6 is 11.6 Å². The second kappa shape index (κ2) is 7.61. The highest BCUT2D eigenvalue weighted by atomic mass is 35.5. The fourth-order valence-corrected chi connectivity index (χ4v) is 2.56. The van der Waals surface area contributed by atoms with Crippen LogP contribution in [0.3, 0.4) is 0 Å². The van der Waals surface area contributed by atoms with Crippen molar-refractivity contribution in [3.05, 3.63) is 34.9 Å². The van der Waals surface area contributed by atoms with Gasteiger partial charge in [0.05, 0.1) is 0 Å². The molecule has 1 saturated heterocycles. The van der Waals surface area contributed by atoms with Crippen molar-refractivity contribution in [1.82, 2.24) is 16.0 Å². The molecule has 1 aromatic carbocycles. The monoisotopic (exact) mass is 323 g/mol. The van der Waals surface area contributed by atoms with E-state index in [2.05, 4.69) is 16.0 Å². The van der Waals surface area contributed by atoms with Gasteiger partial charge in [-0.25, -0.2) is 0 Å². The van der Waals surface area contributed by atoms with Crippen LogP contribution < -0.4 is 16.0 Å². The Kier molecular flexibility index (Phi) is 5.80. The molecule has 0 aromatic heterocycles. The molecule has 1 aromatic rings. The Labute approximate surface area is 135 Å². The molecule has 2 unspecified atom stereocenters. The summed E-state index contributed by atoms with van der Waals surface area (Å²) < 4.78 is 0. The lowest BCUT2D eigenvalue weighted by molar-refractivity contribution is -0.124. The quantitative estimate of drug-likeness (QED) is 0.770. The van der Waals surface area contributed by atoms with Crippen molar-refractivity contribution in [1.29, 1.82) is 0 Å². The maximum Gasteiger partial charge on any atom is 0.251 e. The first-order chi connectivity index (χ1) is 10.5. The third-order valence-corrected chi connectivity index (χ3v) is 4.00. The number of carbonyl (C=O) groups is 2. The summed E-state index contributed by atoms with van der Waals surface area (Å²) >= 11 is 5.82. The molecule has 6 heteroatoms. The molecule has 22 heavy (non-hydrogen) atoms. The van der Waals surface area contributed by atoms with Crippen molar-refractivity contribution in [2.45, 2.75) is 32.4 Å². The molecule has 1 aliphatic heterocycles. The Balaban J connectivity index is 1.99. The molecule has 3 N–H and O–H groups in total. The van der Waals surface area contributed by atoms with Crippen molar-refractivity contribution >= 4 is 23.4 Å². The van der Waals surface area contributed by atoms with Crippen LogP contribution in [0.4, 0.5) is 0 Å². The molecule has 0 saturated carbocycles. The third-order valence-electron chi connectivity index (χ3n) is 3.75. The highest BCUT2D eigenvalue weighted by Crippen LogP contribution is 2.11. The molecule has 120 valence electrons. The maximum absolute atomic E-state index is 12.4. The van der Waals surface area contributed by atoms with E-state index in [1.165, 1.54) is 0 Å². The first-order valence-electron chi connectivity index (χ1n) is 7.55. The van der Waals surface area contributed by atoms with E-state index in [4.69, 9.17) is 11.6 Å². The summed E-state index contributed by atoms with van der Waals surface area (Å²) in [6.07, 6.45) is 0.918. The maximum atomic E-state index is 12.4. The lowest BCUT2D eigenvalue weighted by atomic mass is 10.0. The number of amides is 2. The normalized spacial score (nSPS) is 19.0. The molecule has 0 bridgehead atoms. The van der Waals surface area contributed by atoms with E-state index >= 15 is 0 Å². The average molecular weight is 324 g/mol. The zero-order valence-electron chi connectivity index (χ0n) is 12.9. The summed E-state index contributed by atoms with van der Waals surface area (Å²) in [4.78, 5) is 24.7. The second-order valence-electron chi connectivity index (χ2n) is 5.90. The molecule has 5 nitrogen and oxygen atoms in total. The Morgan fingerprint density at radius 2 is 1.95 bits per heavy atom. The summed E-state index contributed by atoms with van der Waals surface area (Å²) in [6.45, 7) is 5.52. The fourth-order valence-electron chi connectivity index (χ4n) is 2.43. The summed E-state index contributed by atoms with van der Waals surface area (Å²) in [5, 5.41) is 9.58. The van der Waals surface area contributed by atoms with Gasteiger partial charge in [-0.1, -0.05) is 25.4 Å². The molecule has 0 radical (unpaired) electrons. The van der Waals surface area contributed by atoms with E-state index in [-0.39, 0.29) is 23.8 Å². The van der Waals surface area contributed by atoms with Gasteiger partial charge in [-0.2, -0.15) is 0 Å². The molecule has 0 aliphatic carbocycles. The topological polar surface area (TPSA) is 70.2 Å². The van der Waals surface area contributed by atoms with Gasteiger partial charge in [0.15, 0.2) is 0 Å². The fraction of sp³-hybridized carbons (Fsp3) is 0.500. The van der Waals surface area contributed by atoms with Gasteiger partial charge in [-0.3, -0.25) is 9.59 Å². The largest absolute Gasteiger partial charge is 0.350 e. The lowest BCUT2D eigenvalue weighted by Gasteiger charge is -2.23. The molecular weight excluding hydrogens is 302 g/mol. The molecular formula is C16H22ClN3O2. The minimum atomic E-state index is -0.552. The van der Waals surface area contributed by atoms with Gasteiger partial charge in [0.25, 0.3) is 5.91 Å². The van der Waals surface area contributed by atoms with Gasteiger partial charge in [-0.05, 0) is 43.1 Å². The number of nitrogens with one attached hydrogen (secondary N) is 3. The highest BCUT2D eigenvalue weighted by molar-refractivity contribution is 6.30. The first kappa shape index (κ1) is 16.8. The minimum Gasteiger partial charge on any atom is -0.350 e. The van der Waals surface area contributed by atoms with Crippen molar-refractivity contribution in [3.8, 4) is 0 Å². The molecule has 0 spiro atoms. The summed E-state index contributed by atoms with van der Waals surface area (Å²) in [5.41, 5.74) is 0.491. The van der Waals surface area contributed by atoms with Crippen molar-refractivity contribution in [2.24, 2.45) is 5.92 Å². The number of hydrogen-bond acceptors (Lipinski definition) is 3. The summed E-state index contributed by atoms with van der Waals surface area (Å²) in [5.74, 6) is -0.397. The molecule has 2 rings (SSSR count). The Hall–Kier alpha value is -1.59. The van der Waals surface area contributed by atoms with Crippen molar-refractivity contribution in [2.75, 3.05) is 13.1 Å². The van der Waals surface area contributed by atoms with Gasteiger partial charge < -0.3 is 16.0 Å². The zero-order valence-corrected chi connectivity index (χ0v) is 13.6. The van der Waals surface area contributed by atoms with Gasteiger partial charge in [0.1, 0.15) is 6.04 Å². The van der Waals surface area contributed by atoms with Gasteiger partial charge in [0.2, 0.25) is 5.91 Å². The second-order valence-corrected chi connectivity index (χ2v) is 6.34. The smallest absolute Gasteiger partial charge is 0.251 e. The Morgan fingerprint density at radius 3 is 2.50 bits per heavy atom. The average Bonchev–Trinajstić information content (AvgIpc) is 2.97. The van der Waals surface area contributed by atoms with Crippen LogP contribution in [0.25, 0.3) is 0 Å². The van der Waals surface area contributed by atoms with Crippen LogP contribution in [0, 0.1) is 5.92 Å². The lowest BCUT2D eigenvalue weighted by Crippen LogP contribution is -2.52. The Morgan fingerprint density at radius 1 is 1.27 bits per heavy atom. The molecule has 2 atom stereocenters. The molecule has 1 heterocycles. The summed E-state index contributed by atoms with van der Waals surface area (Å²) in [7, 11) is 0. The van der Waals surface area contributed by atoms with E-state index in [1.54, 1.807) is 24.3 Å². The SMILES string of the molecule is CC(C)C(NC(=O)c1ccc(Cl)cc1)C(=O)NC1CCNC1. The van der Waals surface area contributed by atoms with E-state index in [9.17, 15) is 9.59 Å². The molecule has 1 fully saturated rings. The standard InChI is InChI=1S/C16H22ClN3O2/c1-10(2)14(16(22)19-13-7-8-18-9-13)20-15(21)11-3-5-12(17)6-4-11/h3-6,10,13-14,18H,7-9H2,1-2H3,(H,19,22)(H,20,21). The first-order valence-corrected chi connectivity index (χ1v) is 7.92. The number of carbonyl (C=O) groups excluding carboxylic acids is 2. The third kappa shape index (κ3) is 4.45. The van der Waals surface area contributed by atoms with Gasteiger partial charge >= 0.3 is 0 Å². The van der Waals surface area contributed by atoms with Crippen LogP contribution in [-0.2, 0) is 4.79 Å². The van der Waals surface area contributed by atoms with Gasteiger partial charge in [0, 0.05) is 23.2 Å². The van der Waals surface area contributed by atoms with Gasteiger partial charge in [-0.15, -0.1) is 0 Å². The van der Waals surface area contributed by atoms with Crippen LogP contribution in [0.2, 0.25) is 5.02 Å². The van der Waals surface area contributed by atoms with Crippen molar-refractivity contribution < 1.29 is 9.59 Å². The summed E-state index contributed by atoms with van der Waals surface area (Å²) in [6, 6.07) is 6.20. The number of rotatable bonds is 5. The van der Waals surface area contributed by atoms with E-state index in [0.29, 0.717) is 10.6 Å². The molecule has 1 aliphatic rings. The number of benzene rings is 1. The van der Waals surface area contributed by atoms with Crippen molar-refractivity contribution in [3.63, 3.8) is 0 Å². The minimum absolute atomic E-state index is 0.00520. The molecule has 2 amide bonds. The number of halogens is 1.